The molecule has 0 radical (unpaired) electrons. The van der Waals surface area contributed by atoms with Gasteiger partial charge in [0.1, 0.15) is 11.9 Å². The minimum Gasteiger partial charge on any atom is -0.487 e. The molecule has 30 heavy (non-hydrogen) atoms. The van der Waals surface area contributed by atoms with E-state index in [1.807, 2.05) is 37.4 Å². The highest BCUT2D eigenvalue weighted by atomic mass is 32.2. The van der Waals surface area contributed by atoms with E-state index in [1.165, 1.54) is 6.26 Å². The monoisotopic (exact) mass is 428 g/mol. The molecule has 160 valence electrons. The van der Waals surface area contributed by atoms with E-state index in [0.29, 0.717) is 11.4 Å². The number of amides is 1. The van der Waals surface area contributed by atoms with Crippen LogP contribution in [0, 0.1) is 0 Å². The van der Waals surface area contributed by atoms with Crippen molar-refractivity contribution >= 4 is 15.7 Å². The standard InChI is InChI=1S/C23H28N2O4S/c1-25-13-4-3-8-21(25)23(26)24-15-18-14-17-6-5-7-20(22(17)29-18)16-9-11-19(12-10-16)30(2,27)28/h5-7,9-12,18,21H,3-4,8,13-15H2,1-2H3,(H,24,26). The zero-order valence-corrected chi connectivity index (χ0v) is 18.2. The number of piperidine rings is 1. The van der Waals surface area contributed by atoms with Crippen LogP contribution in [0.25, 0.3) is 11.1 Å². The Labute approximate surface area is 178 Å². The number of likely N-dealkylation sites (N-methyl/N-ethyl adjacent to an activating group) is 1. The van der Waals surface area contributed by atoms with Crippen LogP contribution in [0.1, 0.15) is 24.8 Å². The highest BCUT2D eigenvalue weighted by molar-refractivity contribution is 7.90. The lowest BCUT2D eigenvalue weighted by molar-refractivity contribution is -0.127. The summed E-state index contributed by atoms with van der Waals surface area (Å²) in [6, 6.07) is 12.8. The number of nitrogens with zero attached hydrogens (tertiary/aromatic N) is 1. The fourth-order valence-corrected chi connectivity index (χ4v) is 4.93. The van der Waals surface area contributed by atoms with Crippen LogP contribution in [-0.4, -0.2) is 57.8 Å². The molecule has 7 heteroatoms. The molecule has 2 heterocycles. The Bertz CT molecular complexity index is 1030. The van der Waals surface area contributed by atoms with Gasteiger partial charge in [0.05, 0.1) is 17.5 Å². The molecule has 0 aliphatic carbocycles. The summed E-state index contributed by atoms with van der Waals surface area (Å²) in [5.74, 6) is 0.895. The molecular weight excluding hydrogens is 400 g/mol. The lowest BCUT2D eigenvalue weighted by Gasteiger charge is -2.31. The molecule has 1 N–H and O–H groups in total. The van der Waals surface area contributed by atoms with E-state index in [-0.39, 0.29) is 18.1 Å². The van der Waals surface area contributed by atoms with Gasteiger partial charge in [-0.15, -0.1) is 0 Å². The first-order valence-corrected chi connectivity index (χ1v) is 12.3. The predicted octanol–water partition coefficient (Wildman–Crippen LogP) is 2.66. The second-order valence-corrected chi connectivity index (χ2v) is 10.3. The largest absolute Gasteiger partial charge is 0.487 e. The number of para-hydroxylation sites is 1. The molecule has 0 spiro atoms. The van der Waals surface area contributed by atoms with E-state index >= 15 is 0 Å². The molecule has 1 fully saturated rings. The highest BCUT2D eigenvalue weighted by Gasteiger charge is 2.29. The molecule has 2 aliphatic heterocycles. The molecule has 2 unspecified atom stereocenters. The number of hydrogen-bond acceptors (Lipinski definition) is 5. The van der Waals surface area contributed by atoms with Crippen LogP contribution in [0.4, 0.5) is 0 Å². The van der Waals surface area contributed by atoms with Gasteiger partial charge in [0.25, 0.3) is 0 Å². The number of nitrogens with one attached hydrogen (secondary N) is 1. The Morgan fingerprint density at radius 3 is 2.63 bits per heavy atom. The van der Waals surface area contributed by atoms with Gasteiger partial charge < -0.3 is 10.1 Å². The van der Waals surface area contributed by atoms with Crippen LogP contribution in [0.3, 0.4) is 0 Å². The van der Waals surface area contributed by atoms with Crippen molar-refractivity contribution in [2.24, 2.45) is 0 Å². The van der Waals surface area contributed by atoms with Crippen molar-refractivity contribution in [1.82, 2.24) is 10.2 Å². The molecular formula is C23H28N2O4S. The lowest BCUT2D eigenvalue weighted by atomic mass is 10.0. The van der Waals surface area contributed by atoms with E-state index in [2.05, 4.69) is 10.2 Å². The first kappa shape index (κ1) is 20.9. The number of carbonyl (C=O) groups excluding carboxylic acids is 1. The molecule has 2 aliphatic rings. The summed E-state index contributed by atoms with van der Waals surface area (Å²) in [4.78, 5) is 15.0. The van der Waals surface area contributed by atoms with Crippen LogP contribution < -0.4 is 10.1 Å². The van der Waals surface area contributed by atoms with Gasteiger partial charge in [0.2, 0.25) is 5.91 Å². The van der Waals surface area contributed by atoms with Crippen molar-refractivity contribution in [3.63, 3.8) is 0 Å². The smallest absolute Gasteiger partial charge is 0.237 e. The maximum absolute atomic E-state index is 12.6. The number of carbonyl (C=O) groups is 1. The second-order valence-electron chi connectivity index (χ2n) is 8.27. The molecule has 0 saturated carbocycles. The predicted molar refractivity (Wildman–Crippen MR) is 116 cm³/mol. The third-order valence-corrected chi connectivity index (χ3v) is 7.13. The number of hydrogen-bond donors (Lipinski definition) is 1. The molecule has 0 aromatic heterocycles. The Hall–Kier alpha value is -2.38. The number of benzene rings is 2. The second kappa shape index (κ2) is 8.40. The summed E-state index contributed by atoms with van der Waals surface area (Å²) in [6.45, 7) is 1.44. The number of ether oxygens (including phenoxy) is 1. The molecule has 2 aromatic rings. The zero-order valence-electron chi connectivity index (χ0n) is 17.4. The average molecular weight is 429 g/mol. The molecule has 2 aromatic carbocycles. The van der Waals surface area contributed by atoms with Gasteiger partial charge in [-0.1, -0.05) is 36.8 Å². The van der Waals surface area contributed by atoms with Gasteiger partial charge in [-0.2, -0.15) is 0 Å². The topological polar surface area (TPSA) is 75.7 Å². The third-order valence-electron chi connectivity index (χ3n) is 6.00. The van der Waals surface area contributed by atoms with E-state index in [4.69, 9.17) is 4.74 Å². The Balaban J connectivity index is 1.44. The molecule has 6 nitrogen and oxygen atoms in total. The summed E-state index contributed by atoms with van der Waals surface area (Å²) in [6.07, 6.45) is 4.99. The van der Waals surface area contributed by atoms with Crippen LogP contribution >= 0.6 is 0 Å². The van der Waals surface area contributed by atoms with E-state index in [9.17, 15) is 13.2 Å². The summed E-state index contributed by atoms with van der Waals surface area (Å²) < 4.78 is 29.6. The Kier molecular flexibility index (Phi) is 5.84. The van der Waals surface area contributed by atoms with Crippen LogP contribution in [0.15, 0.2) is 47.4 Å². The van der Waals surface area contributed by atoms with Crippen molar-refractivity contribution in [1.29, 1.82) is 0 Å². The van der Waals surface area contributed by atoms with Crippen molar-refractivity contribution < 1.29 is 17.9 Å². The SMILES string of the molecule is CN1CCCCC1C(=O)NCC1Cc2cccc(-c3ccc(S(C)(=O)=O)cc3)c2O1. The quantitative estimate of drug-likeness (QED) is 0.792. The Morgan fingerprint density at radius 1 is 1.17 bits per heavy atom. The fourth-order valence-electron chi connectivity index (χ4n) is 4.30. The van der Waals surface area contributed by atoms with Crippen LogP contribution in [0.5, 0.6) is 5.75 Å². The molecule has 1 amide bonds. The lowest BCUT2D eigenvalue weighted by Crippen LogP contribution is -2.49. The van der Waals surface area contributed by atoms with Gasteiger partial charge in [0.15, 0.2) is 9.84 Å². The van der Waals surface area contributed by atoms with Crippen molar-refractivity contribution in [2.45, 2.75) is 42.7 Å². The van der Waals surface area contributed by atoms with Crippen LogP contribution in [-0.2, 0) is 21.1 Å². The summed E-state index contributed by atoms with van der Waals surface area (Å²) >= 11 is 0. The average Bonchev–Trinajstić information content (AvgIpc) is 3.15. The molecule has 4 rings (SSSR count). The zero-order chi connectivity index (χ0) is 21.3. The normalized spacial score (nSPS) is 21.7. The Morgan fingerprint density at radius 2 is 1.93 bits per heavy atom. The van der Waals surface area contributed by atoms with E-state index in [1.54, 1.807) is 12.1 Å². The van der Waals surface area contributed by atoms with Crippen LogP contribution in [0.2, 0.25) is 0 Å². The number of fused-ring (bicyclic) bond motifs is 1. The van der Waals surface area contributed by atoms with Crippen molar-refractivity contribution in [2.75, 3.05) is 26.4 Å². The van der Waals surface area contributed by atoms with Crippen molar-refractivity contribution in [3.05, 3.63) is 48.0 Å². The molecule has 0 bridgehead atoms. The highest BCUT2D eigenvalue weighted by Crippen LogP contribution is 2.39. The number of likely N-dealkylation sites (tertiary alicyclic amines) is 1. The number of rotatable bonds is 5. The maximum Gasteiger partial charge on any atom is 0.237 e. The maximum atomic E-state index is 12.6. The summed E-state index contributed by atoms with van der Waals surface area (Å²) in [7, 11) is -1.22. The first-order chi connectivity index (χ1) is 14.3. The van der Waals surface area contributed by atoms with E-state index in [0.717, 1.165) is 54.7 Å². The van der Waals surface area contributed by atoms with Crippen molar-refractivity contribution in [3.8, 4) is 16.9 Å². The van der Waals surface area contributed by atoms with E-state index < -0.39 is 9.84 Å². The minimum absolute atomic E-state index is 0.0496. The summed E-state index contributed by atoms with van der Waals surface area (Å²) in [5.41, 5.74) is 2.95. The van der Waals surface area contributed by atoms with Gasteiger partial charge in [-0.3, -0.25) is 9.69 Å². The third kappa shape index (κ3) is 4.37. The number of sulfone groups is 1. The fraction of sp³-hybridized carbons (Fsp3) is 0.435. The minimum atomic E-state index is -3.23. The van der Waals surface area contributed by atoms with Gasteiger partial charge in [-0.25, -0.2) is 8.42 Å². The first-order valence-electron chi connectivity index (χ1n) is 10.4. The van der Waals surface area contributed by atoms with Gasteiger partial charge in [-0.05, 0) is 49.7 Å². The molecule has 2 atom stereocenters. The molecule has 1 saturated heterocycles. The van der Waals surface area contributed by atoms with Gasteiger partial charge in [0, 0.05) is 18.2 Å². The van der Waals surface area contributed by atoms with Gasteiger partial charge >= 0.3 is 0 Å². The summed E-state index contributed by atoms with van der Waals surface area (Å²) in [5, 5.41) is 3.07.